The van der Waals surface area contributed by atoms with Crippen molar-refractivity contribution in [1.82, 2.24) is 5.32 Å². The number of hydrogen-bond donors (Lipinski definition) is 2. The maximum absolute atomic E-state index is 10.9. The smallest absolute Gasteiger partial charge is 0.231 e. The van der Waals surface area contributed by atoms with Crippen molar-refractivity contribution in [2.24, 2.45) is 0 Å². The summed E-state index contributed by atoms with van der Waals surface area (Å²) in [7, 11) is 1.85. The molecular weight excluding hydrogens is 290 g/mol. The maximum atomic E-state index is 10.9. The Morgan fingerprint density at radius 2 is 1.96 bits per heavy atom. The average molecular weight is 311 g/mol. The Labute approximate surface area is 137 Å². The van der Waals surface area contributed by atoms with Gasteiger partial charge in [-0.1, -0.05) is 18.7 Å². The fraction of sp³-hybridized carbons (Fsp3) is 0.167. The molecule has 0 saturated carbocycles. The topological polar surface area (TPSA) is 82.0 Å². The van der Waals surface area contributed by atoms with Gasteiger partial charge in [-0.3, -0.25) is 4.79 Å². The predicted octanol–water partition coefficient (Wildman–Crippen LogP) is 2.94. The van der Waals surface area contributed by atoms with Gasteiger partial charge in [-0.2, -0.15) is 5.26 Å². The van der Waals surface area contributed by atoms with Gasteiger partial charge in [-0.25, -0.2) is 0 Å². The van der Waals surface area contributed by atoms with Crippen LogP contribution in [0.4, 0.5) is 5.69 Å². The van der Waals surface area contributed by atoms with Gasteiger partial charge in [0, 0.05) is 18.4 Å². The molecule has 0 heterocycles. The SMILES string of the molecule is C=C/C(=C\C(=C)C)NC(=O)CC=O.CNc1ccc(C#N)cc1. The molecule has 0 saturated heterocycles. The average Bonchev–Trinajstić information content (AvgIpc) is 2.54. The molecule has 0 spiro atoms. The highest BCUT2D eigenvalue weighted by molar-refractivity contribution is 5.89. The van der Waals surface area contributed by atoms with E-state index in [1.54, 1.807) is 25.1 Å². The van der Waals surface area contributed by atoms with Crippen LogP contribution in [-0.4, -0.2) is 19.2 Å². The van der Waals surface area contributed by atoms with Crippen molar-refractivity contribution in [3.63, 3.8) is 0 Å². The fourth-order valence-electron chi connectivity index (χ4n) is 1.41. The first kappa shape index (κ1) is 19.9. The number of allylic oxidation sites excluding steroid dienone is 3. The highest BCUT2D eigenvalue weighted by Gasteiger charge is 2.00. The van der Waals surface area contributed by atoms with Crippen LogP contribution in [0.2, 0.25) is 0 Å². The molecule has 1 amide bonds. The summed E-state index contributed by atoms with van der Waals surface area (Å²) in [6, 6.07) is 9.36. The van der Waals surface area contributed by atoms with Gasteiger partial charge in [0.15, 0.2) is 0 Å². The van der Waals surface area contributed by atoms with E-state index in [4.69, 9.17) is 5.26 Å². The van der Waals surface area contributed by atoms with Crippen molar-refractivity contribution < 1.29 is 9.59 Å². The summed E-state index contributed by atoms with van der Waals surface area (Å²) in [5.41, 5.74) is 3.08. The van der Waals surface area contributed by atoms with E-state index in [1.807, 2.05) is 19.2 Å². The number of nitrogens with zero attached hydrogens (tertiary/aromatic N) is 1. The molecule has 0 aliphatic heterocycles. The van der Waals surface area contributed by atoms with E-state index in [0.29, 0.717) is 17.5 Å². The summed E-state index contributed by atoms with van der Waals surface area (Å²) < 4.78 is 0. The van der Waals surface area contributed by atoms with Crippen LogP contribution in [-0.2, 0) is 9.59 Å². The Balaban J connectivity index is 0.000000433. The Morgan fingerprint density at radius 3 is 2.35 bits per heavy atom. The van der Waals surface area contributed by atoms with Gasteiger partial charge in [0.25, 0.3) is 0 Å². The molecule has 5 nitrogen and oxygen atoms in total. The third-order valence-electron chi connectivity index (χ3n) is 2.48. The predicted molar refractivity (Wildman–Crippen MR) is 92.6 cm³/mol. The zero-order chi connectivity index (χ0) is 17.7. The number of rotatable bonds is 6. The van der Waals surface area contributed by atoms with E-state index < -0.39 is 0 Å². The van der Waals surface area contributed by atoms with E-state index in [-0.39, 0.29) is 12.3 Å². The molecule has 0 atom stereocenters. The largest absolute Gasteiger partial charge is 0.388 e. The molecule has 0 fully saturated rings. The lowest BCUT2D eigenvalue weighted by Gasteiger charge is -2.02. The number of hydrogen-bond acceptors (Lipinski definition) is 4. The van der Waals surface area contributed by atoms with Gasteiger partial charge < -0.3 is 15.4 Å². The lowest BCUT2D eigenvalue weighted by atomic mass is 10.2. The van der Waals surface area contributed by atoms with Crippen LogP contribution in [0.5, 0.6) is 0 Å². The zero-order valence-electron chi connectivity index (χ0n) is 13.4. The number of carbonyl (C=O) groups is 2. The van der Waals surface area contributed by atoms with Crippen molar-refractivity contribution >= 4 is 17.9 Å². The molecule has 0 radical (unpaired) electrons. The fourth-order valence-corrected chi connectivity index (χ4v) is 1.41. The van der Waals surface area contributed by atoms with Gasteiger partial charge in [-0.15, -0.1) is 0 Å². The number of nitriles is 1. The van der Waals surface area contributed by atoms with Crippen LogP contribution < -0.4 is 10.6 Å². The molecule has 0 aliphatic carbocycles. The Morgan fingerprint density at radius 1 is 1.35 bits per heavy atom. The van der Waals surface area contributed by atoms with E-state index in [0.717, 1.165) is 11.3 Å². The molecule has 120 valence electrons. The van der Waals surface area contributed by atoms with Crippen LogP contribution in [0.3, 0.4) is 0 Å². The van der Waals surface area contributed by atoms with E-state index in [1.165, 1.54) is 6.08 Å². The summed E-state index contributed by atoms with van der Waals surface area (Å²) in [4.78, 5) is 20.9. The molecule has 23 heavy (non-hydrogen) atoms. The normalized spacial score (nSPS) is 9.52. The molecule has 5 heteroatoms. The van der Waals surface area contributed by atoms with Gasteiger partial charge in [-0.05, 0) is 43.3 Å². The quantitative estimate of drug-likeness (QED) is 0.481. The Hall–Kier alpha value is -3.13. The number of benzene rings is 1. The number of amides is 1. The van der Waals surface area contributed by atoms with E-state index in [9.17, 15) is 9.59 Å². The number of aldehydes is 1. The minimum Gasteiger partial charge on any atom is -0.388 e. The van der Waals surface area contributed by atoms with Crippen LogP contribution >= 0.6 is 0 Å². The Bertz CT molecular complexity index is 623. The number of anilines is 1. The monoisotopic (exact) mass is 311 g/mol. The molecule has 1 aromatic rings. The molecule has 0 bridgehead atoms. The zero-order valence-corrected chi connectivity index (χ0v) is 13.4. The van der Waals surface area contributed by atoms with Crippen molar-refractivity contribution in [2.45, 2.75) is 13.3 Å². The Kier molecular flexibility index (Phi) is 9.95. The second-order valence-electron chi connectivity index (χ2n) is 4.51. The number of carbonyl (C=O) groups excluding carboxylic acids is 2. The minimum absolute atomic E-state index is 0.138. The summed E-state index contributed by atoms with van der Waals surface area (Å²) in [6.45, 7) is 8.97. The maximum Gasteiger partial charge on any atom is 0.231 e. The lowest BCUT2D eigenvalue weighted by molar-refractivity contribution is -0.123. The van der Waals surface area contributed by atoms with E-state index >= 15 is 0 Å². The van der Waals surface area contributed by atoms with Crippen LogP contribution in [0.15, 0.2) is 60.8 Å². The molecule has 2 N–H and O–H groups in total. The van der Waals surface area contributed by atoms with Crippen LogP contribution in [0.25, 0.3) is 0 Å². The highest BCUT2D eigenvalue weighted by atomic mass is 16.2. The van der Waals surface area contributed by atoms with Gasteiger partial charge in [0.2, 0.25) is 5.91 Å². The lowest BCUT2D eigenvalue weighted by Crippen LogP contribution is -2.21. The summed E-state index contributed by atoms with van der Waals surface area (Å²) in [5, 5.41) is 13.9. The van der Waals surface area contributed by atoms with Gasteiger partial charge >= 0.3 is 0 Å². The third kappa shape index (κ3) is 9.43. The second-order valence-corrected chi connectivity index (χ2v) is 4.51. The minimum atomic E-state index is -0.345. The van der Waals surface area contributed by atoms with Crippen molar-refractivity contribution in [3.8, 4) is 6.07 Å². The molecule has 0 unspecified atom stereocenters. The molecule has 0 aliphatic rings. The molecule has 0 aromatic heterocycles. The summed E-state index contributed by atoms with van der Waals surface area (Å²) in [6.07, 6.45) is 3.59. The van der Waals surface area contributed by atoms with Gasteiger partial charge in [0.05, 0.1) is 18.1 Å². The van der Waals surface area contributed by atoms with Gasteiger partial charge in [0.1, 0.15) is 6.29 Å². The highest BCUT2D eigenvalue weighted by Crippen LogP contribution is 2.06. The summed E-state index contributed by atoms with van der Waals surface area (Å²) in [5.74, 6) is -0.345. The molecule has 1 rings (SSSR count). The summed E-state index contributed by atoms with van der Waals surface area (Å²) >= 11 is 0. The standard InChI is InChI=1S/C10H13NO2.C8H8N2/c1-4-9(7-8(2)3)11-10(13)5-6-12;1-10-8-4-2-7(6-9)3-5-8/h4,6-7H,1-2,5H2,3H3,(H,11,13);2-5,10H,1H3/b9-7+;. The molecule has 1 aromatic carbocycles. The third-order valence-corrected chi connectivity index (χ3v) is 2.48. The molecular formula is C18H21N3O2. The first-order valence-corrected chi connectivity index (χ1v) is 6.87. The van der Waals surface area contributed by atoms with E-state index in [2.05, 4.69) is 29.9 Å². The van der Waals surface area contributed by atoms with Crippen LogP contribution in [0.1, 0.15) is 18.9 Å². The first-order chi connectivity index (χ1) is 11.0. The second kappa shape index (κ2) is 11.5. The van der Waals surface area contributed by atoms with Crippen molar-refractivity contribution in [3.05, 3.63) is 66.4 Å². The van der Waals surface area contributed by atoms with Crippen LogP contribution in [0, 0.1) is 11.3 Å². The number of nitrogens with one attached hydrogen (secondary N) is 2. The van der Waals surface area contributed by atoms with Crippen molar-refractivity contribution in [2.75, 3.05) is 12.4 Å². The first-order valence-electron chi connectivity index (χ1n) is 6.87. The van der Waals surface area contributed by atoms with Crippen molar-refractivity contribution in [1.29, 1.82) is 5.26 Å².